The Morgan fingerprint density at radius 1 is 0.674 bits per heavy atom. The molecule has 5 aromatic carbocycles. The first-order valence-electron chi connectivity index (χ1n) is 15.1. The number of hydrogen-bond acceptors (Lipinski definition) is 5. The second kappa shape index (κ2) is 10.7. The number of alkyl halides is 1. The molecule has 7 heteroatoms. The van der Waals surface area contributed by atoms with Crippen LogP contribution >= 0.6 is 15.9 Å². The lowest BCUT2D eigenvalue weighted by molar-refractivity contribution is -0.122. The summed E-state index contributed by atoms with van der Waals surface area (Å²) < 4.78 is 4.52. The third kappa shape index (κ3) is 4.15. The van der Waals surface area contributed by atoms with Crippen molar-refractivity contribution in [2.24, 2.45) is 11.8 Å². The summed E-state index contributed by atoms with van der Waals surface area (Å²) in [4.78, 5) is 55.6. The molecule has 3 aliphatic carbocycles. The van der Waals surface area contributed by atoms with Crippen LogP contribution in [0.3, 0.4) is 0 Å². The number of rotatable bonds is 6. The average Bonchev–Trinajstić information content (AvgIpc) is 3.38. The van der Waals surface area contributed by atoms with Gasteiger partial charge in [0.1, 0.15) is 0 Å². The van der Waals surface area contributed by atoms with Crippen LogP contribution < -0.4 is 4.90 Å². The van der Waals surface area contributed by atoms with Gasteiger partial charge in [-0.15, -0.1) is 0 Å². The first-order valence-corrected chi connectivity index (χ1v) is 15.9. The van der Waals surface area contributed by atoms with E-state index in [1.165, 1.54) is 11.0 Å². The summed E-state index contributed by atoms with van der Waals surface area (Å²) in [5, 5.41) is 0. The molecule has 0 unspecified atom stereocenters. The van der Waals surface area contributed by atoms with Crippen molar-refractivity contribution >= 4 is 45.2 Å². The minimum atomic E-state index is -0.864. The molecule has 4 aliphatic rings. The van der Waals surface area contributed by atoms with Crippen molar-refractivity contribution in [3.8, 4) is 11.1 Å². The first kappa shape index (κ1) is 28.3. The molecule has 0 spiro atoms. The van der Waals surface area contributed by atoms with Crippen molar-refractivity contribution in [2.45, 2.75) is 10.2 Å². The monoisotopic (exact) mass is 667 g/mol. The molecule has 1 aliphatic heterocycles. The van der Waals surface area contributed by atoms with Crippen LogP contribution in [0.5, 0.6) is 0 Å². The van der Waals surface area contributed by atoms with Crippen molar-refractivity contribution in [3.05, 3.63) is 161 Å². The van der Waals surface area contributed by atoms with Gasteiger partial charge in [0.2, 0.25) is 11.8 Å². The van der Waals surface area contributed by atoms with Gasteiger partial charge in [-0.3, -0.25) is 14.4 Å². The highest BCUT2D eigenvalue weighted by Crippen LogP contribution is 2.66. The molecule has 2 amide bonds. The number of carbonyl (C=O) groups is 4. The molecule has 0 saturated carbocycles. The number of hydrogen-bond donors (Lipinski definition) is 0. The number of anilines is 1. The highest BCUT2D eigenvalue weighted by Gasteiger charge is 2.67. The highest BCUT2D eigenvalue weighted by molar-refractivity contribution is 9.09. The summed E-state index contributed by atoms with van der Waals surface area (Å²) in [6.45, 7) is -0.441. The minimum absolute atomic E-state index is 0.142. The average molecular weight is 669 g/mol. The minimum Gasteiger partial charge on any atom is -0.454 e. The van der Waals surface area contributed by atoms with E-state index in [1.807, 2.05) is 91.0 Å². The van der Waals surface area contributed by atoms with E-state index in [9.17, 15) is 19.2 Å². The lowest BCUT2D eigenvalue weighted by Crippen LogP contribution is -2.50. The Balaban J connectivity index is 1.03. The summed E-state index contributed by atoms with van der Waals surface area (Å²) in [5.41, 5.74) is 6.96. The van der Waals surface area contributed by atoms with Crippen LogP contribution in [0, 0.1) is 11.8 Å². The summed E-state index contributed by atoms with van der Waals surface area (Å²) in [6.07, 6.45) is 0. The lowest BCUT2D eigenvalue weighted by Gasteiger charge is -2.51. The van der Waals surface area contributed by atoms with Crippen LogP contribution in [0.25, 0.3) is 11.1 Å². The zero-order valence-electron chi connectivity index (χ0n) is 24.4. The predicted molar refractivity (Wildman–Crippen MR) is 177 cm³/mol. The van der Waals surface area contributed by atoms with Crippen LogP contribution in [-0.4, -0.2) is 30.2 Å². The molecule has 2 bridgehead atoms. The van der Waals surface area contributed by atoms with E-state index in [-0.39, 0.29) is 29.1 Å². The fourth-order valence-corrected chi connectivity index (χ4v) is 8.69. The van der Waals surface area contributed by atoms with Gasteiger partial charge in [0.25, 0.3) is 0 Å². The molecule has 224 valence electrons. The van der Waals surface area contributed by atoms with Crippen molar-refractivity contribution in [3.63, 3.8) is 0 Å². The van der Waals surface area contributed by atoms with E-state index in [0.717, 1.165) is 33.4 Å². The fraction of sp³-hybridized carbons (Fsp3) is 0.128. The van der Waals surface area contributed by atoms with Crippen LogP contribution in [-0.2, 0) is 18.7 Å². The molecule has 9 rings (SSSR count). The number of amides is 2. The maximum absolute atomic E-state index is 14.2. The molecule has 1 fully saturated rings. The van der Waals surface area contributed by atoms with Crippen LogP contribution in [0.2, 0.25) is 0 Å². The number of carbonyl (C=O) groups excluding carboxylic acids is 4. The number of benzene rings is 5. The van der Waals surface area contributed by atoms with Gasteiger partial charge in [-0.2, -0.15) is 0 Å². The zero-order chi connectivity index (χ0) is 31.6. The second-order valence-corrected chi connectivity index (χ2v) is 13.1. The maximum atomic E-state index is 14.2. The summed E-state index contributed by atoms with van der Waals surface area (Å²) >= 11 is 4.01. The summed E-state index contributed by atoms with van der Waals surface area (Å²) in [7, 11) is 0. The number of imide groups is 1. The number of nitrogens with zero attached hydrogens (tertiary/aromatic N) is 1. The Kier molecular flexibility index (Phi) is 6.62. The van der Waals surface area contributed by atoms with E-state index in [0.29, 0.717) is 11.3 Å². The van der Waals surface area contributed by atoms with Gasteiger partial charge in [0, 0.05) is 11.5 Å². The smallest absolute Gasteiger partial charge is 0.338 e. The standard InChI is InChI=1S/C39H26BrNO5/c40-39-30-15-6-4-13-28(30)33(29-14-5-7-16-31(29)39)34-35(39)37(44)41(36(34)43)27-12-8-11-26(21-27)38(45)46-22-32(42)25-19-17-24(18-20-25)23-9-2-1-3-10-23/h1-21,33-35H,22H2/t33?,34-,35+,39?/m1/s1. The number of esters is 1. The van der Waals surface area contributed by atoms with Crippen molar-refractivity contribution in [1.82, 2.24) is 0 Å². The van der Waals surface area contributed by atoms with E-state index in [4.69, 9.17) is 4.74 Å². The molecule has 1 saturated heterocycles. The van der Waals surface area contributed by atoms with E-state index < -0.39 is 28.7 Å². The van der Waals surface area contributed by atoms with Crippen LogP contribution in [0.4, 0.5) is 5.69 Å². The van der Waals surface area contributed by atoms with Gasteiger partial charge in [-0.05, 0) is 51.6 Å². The lowest BCUT2D eigenvalue weighted by atomic mass is 9.55. The van der Waals surface area contributed by atoms with E-state index in [1.54, 1.807) is 30.3 Å². The van der Waals surface area contributed by atoms with Crippen LogP contribution in [0.15, 0.2) is 127 Å². The fourth-order valence-electron chi connectivity index (χ4n) is 7.48. The second-order valence-electron chi connectivity index (χ2n) is 11.9. The molecule has 2 atom stereocenters. The molecular formula is C39H26BrNO5. The normalized spacial score (nSPS) is 22.2. The number of Topliss-reactive ketones (excluding diaryl/α,β-unsaturated/α-hetero) is 1. The van der Waals surface area contributed by atoms with Crippen molar-refractivity contribution < 1.29 is 23.9 Å². The molecule has 6 nitrogen and oxygen atoms in total. The molecular weight excluding hydrogens is 642 g/mol. The Morgan fingerprint density at radius 3 is 1.96 bits per heavy atom. The number of ketones is 1. The Labute approximate surface area is 273 Å². The molecule has 1 heterocycles. The molecule has 46 heavy (non-hydrogen) atoms. The highest BCUT2D eigenvalue weighted by atomic mass is 79.9. The quantitative estimate of drug-likeness (QED) is 0.0822. The van der Waals surface area contributed by atoms with Crippen molar-refractivity contribution in [2.75, 3.05) is 11.5 Å². The van der Waals surface area contributed by atoms with Crippen LogP contribution in [0.1, 0.15) is 48.9 Å². The predicted octanol–water partition coefficient (Wildman–Crippen LogP) is 7.30. The van der Waals surface area contributed by atoms with Gasteiger partial charge in [0.15, 0.2) is 12.4 Å². The zero-order valence-corrected chi connectivity index (χ0v) is 26.0. The number of ether oxygens (including phenoxy) is 1. The molecule has 0 N–H and O–H groups in total. The Morgan fingerprint density at radius 2 is 1.28 bits per heavy atom. The first-order chi connectivity index (χ1) is 22.4. The van der Waals surface area contributed by atoms with Gasteiger partial charge in [-0.1, -0.05) is 125 Å². The number of halogens is 1. The third-order valence-electron chi connectivity index (χ3n) is 9.50. The Hall–Kier alpha value is -5.14. The van der Waals surface area contributed by atoms with Gasteiger partial charge in [0.05, 0.1) is 27.4 Å². The largest absolute Gasteiger partial charge is 0.454 e. The molecule has 0 radical (unpaired) electrons. The third-order valence-corrected chi connectivity index (χ3v) is 10.9. The summed E-state index contributed by atoms with van der Waals surface area (Å²) in [6, 6.07) is 39.2. The van der Waals surface area contributed by atoms with Gasteiger partial charge in [-0.25, -0.2) is 9.69 Å². The van der Waals surface area contributed by atoms with Crippen molar-refractivity contribution in [1.29, 1.82) is 0 Å². The summed E-state index contributed by atoms with van der Waals surface area (Å²) in [5.74, 6) is -3.19. The SMILES string of the molecule is O=C(COC(=O)c1cccc(N2C(=O)[C@@H]3C4c5ccccc5C(Br)(c5ccccc54)[C@@H]3C2=O)c1)c1ccc(-c2ccccc2)cc1. The van der Waals surface area contributed by atoms with E-state index >= 15 is 0 Å². The van der Waals surface area contributed by atoms with E-state index in [2.05, 4.69) is 15.9 Å². The topological polar surface area (TPSA) is 80.8 Å². The molecule has 5 aromatic rings. The Bertz CT molecular complexity index is 2020. The maximum Gasteiger partial charge on any atom is 0.338 e. The van der Waals surface area contributed by atoms with Gasteiger partial charge >= 0.3 is 5.97 Å². The molecule has 0 aromatic heterocycles. The van der Waals surface area contributed by atoms with Gasteiger partial charge < -0.3 is 4.74 Å².